The smallest absolute Gasteiger partial charge is 0.0882 e. The summed E-state index contributed by atoms with van der Waals surface area (Å²) in [7, 11) is 0. The molecule has 0 unspecified atom stereocenters. The minimum atomic E-state index is 0. The van der Waals surface area contributed by atoms with E-state index in [9.17, 15) is 0 Å². The van der Waals surface area contributed by atoms with Crippen molar-refractivity contribution in [1.29, 1.82) is 0 Å². The van der Waals surface area contributed by atoms with Gasteiger partial charge in [0.25, 0.3) is 0 Å². The van der Waals surface area contributed by atoms with E-state index in [1.807, 2.05) is 0 Å². The topological polar surface area (TPSA) is 0 Å². The average Bonchev–Trinajstić information content (AvgIpc) is 2.15. The molecule has 0 N–H and O–H groups in total. The van der Waals surface area contributed by atoms with Crippen LogP contribution in [0.2, 0.25) is 0 Å². The first-order chi connectivity index (χ1) is 8.00. The Morgan fingerprint density at radius 2 is 0.412 bits per heavy atom. The van der Waals surface area contributed by atoms with Crippen molar-refractivity contribution in [3.8, 4) is 0 Å². The second-order valence-electron chi connectivity index (χ2n) is 4.20. The first-order valence-corrected chi connectivity index (χ1v) is 6.60. The Labute approximate surface area is 117 Å². The molecule has 0 bridgehead atoms. The third-order valence-electron chi connectivity index (χ3n) is 2.67. The Morgan fingerprint density at radius 1 is 0.294 bits per heavy atom. The Morgan fingerprint density at radius 3 is 0.529 bits per heavy atom. The van der Waals surface area contributed by atoms with Gasteiger partial charge in [-0.25, -0.2) is 0 Å². The van der Waals surface area contributed by atoms with Gasteiger partial charge >= 0.3 is 17.1 Å². The van der Waals surface area contributed by atoms with E-state index in [2.05, 4.69) is 48.6 Å². The summed E-state index contributed by atoms with van der Waals surface area (Å²) >= 11 is 0. The maximum Gasteiger partial charge on any atom is 2.00 e. The van der Waals surface area contributed by atoms with Crippen molar-refractivity contribution < 1.29 is 17.1 Å². The van der Waals surface area contributed by atoms with Crippen LogP contribution in [0.1, 0.15) is 51.4 Å². The number of allylic oxidation sites excluding steroid dienone is 8. The Hall–Kier alpha value is -0.521. The predicted molar refractivity (Wildman–Crippen MR) is 73.5 cm³/mol. The molecule has 17 heavy (non-hydrogen) atoms. The third-order valence-corrected chi connectivity index (χ3v) is 2.67. The van der Waals surface area contributed by atoms with Crippen LogP contribution in [0.15, 0.2) is 48.6 Å². The second kappa shape index (κ2) is 13.5. The summed E-state index contributed by atoms with van der Waals surface area (Å²) < 4.78 is 0. The van der Waals surface area contributed by atoms with Crippen LogP contribution in [-0.2, 0) is 17.1 Å². The molecular weight excluding hydrogens is 248 g/mol. The molecule has 0 atom stereocenters. The minimum absolute atomic E-state index is 0. The van der Waals surface area contributed by atoms with Gasteiger partial charge < -0.3 is 0 Å². The standard InChI is InChI=1S/2C8H12.Fe/c2*1-2-4-6-8-7-5-3-1;/h2*1-2,7-8H,3-6H2;/q;;+2/b2*2-1-,8-7-;. The summed E-state index contributed by atoms with van der Waals surface area (Å²) in [5, 5.41) is 0. The van der Waals surface area contributed by atoms with Crippen LogP contribution >= 0.6 is 0 Å². The van der Waals surface area contributed by atoms with Gasteiger partial charge in [0.2, 0.25) is 0 Å². The zero-order valence-electron chi connectivity index (χ0n) is 10.6. The average molecular weight is 272 g/mol. The summed E-state index contributed by atoms with van der Waals surface area (Å²) in [6, 6.07) is 0. The fraction of sp³-hybridized carbons (Fsp3) is 0.500. The summed E-state index contributed by atoms with van der Waals surface area (Å²) in [5.41, 5.74) is 0. The van der Waals surface area contributed by atoms with Gasteiger partial charge in [0.15, 0.2) is 0 Å². The Kier molecular flexibility index (Phi) is 13.1. The molecule has 2 aliphatic rings. The van der Waals surface area contributed by atoms with Crippen molar-refractivity contribution in [2.75, 3.05) is 0 Å². The monoisotopic (exact) mass is 272 g/mol. The summed E-state index contributed by atoms with van der Waals surface area (Å²) in [6.45, 7) is 0. The van der Waals surface area contributed by atoms with Crippen LogP contribution in [0.3, 0.4) is 0 Å². The molecule has 0 aliphatic heterocycles. The number of hydrogen-bond donors (Lipinski definition) is 0. The van der Waals surface area contributed by atoms with E-state index < -0.39 is 0 Å². The normalized spacial score (nSPS) is 26.4. The fourth-order valence-electron chi connectivity index (χ4n) is 1.71. The molecule has 0 amide bonds. The van der Waals surface area contributed by atoms with E-state index >= 15 is 0 Å². The minimum Gasteiger partial charge on any atom is -0.0882 e. The zero-order chi connectivity index (χ0) is 11.3. The van der Waals surface area contributed by atoms with Crippen LogP contribution in [0.4, 0.5) is 0 Å². The van der Waals surface area contributed by atoms with Crippen molar-refractivity contribution >= 4 is 0 Å². The molecule has 1 heteroatoms. The summed E-state index contributed by atoms with van der Waals surface area (Å²) in [6.07, 6.45) is 28.0. The molecule has 0 aromatic rings. The molecule has 0 aromatic carbocycles. The van der Waals surface area contributed by atoms with Crippen LogP contribution < -0.4 is 0 Å². The van der Waals surface area contributed by atoms with E-state index in [1.165, 1.54) is 51.4 Å². The fourth-order valence-corrected chi connectivity index (χ4v) is 1.71. The molecule has 2 rings (SSSR count). The largest absolute Gasteiger partial charge is 2.00 e. The molecule has 0 fully saturated rings. The molecule has 0 saturated heterocycles. The molecule has 2 aliphatic carbocycles. The van der Waals surface area contributed by atoms with Gasteiger partial charge in [-0.15, -0.1) is 0 Å². The third kappa shape index (κ3) is 11.7. The first-order valence-electron chi connectivity index (χ1n) is 6.60. The van der Waals surface area contributed by atoms with Gasteiger partial charge in [0.05, 0.1) is 0 Å². The molecule has 0 saturated carbocycles. The quantitative estimate of drug-likeness (QED) is 0.412. The second-order valence-corrected chi connectivity index (χ2v) is 4.20. The molecule has 0 aromatic heterocycles. The van der Waals surface area contributed by atoms with Crippen molar-refractivity contribution in [2.45, 2.75) is 51.4 Å². The van der Waals surface area contributed by atoms with Gasteiger partial charge in [-0.3, -0.25) is 0 Å². The number of hydrogen-bond acceptors (Lipinski definition) is 0. The maximum absolute atomic E-state index is 2.27. The number of rotatable bonds is 0. The molecule has 0 heterocycles. The molecule has 0 radical (unpaired) electrons. The molecule has 0 nitrogen and oxygen atoms in total. The van der Waals surface area contributed by atoms with E-state index in [4.69, 9.17) is 0 Å². The van der Waals surface area contributed by atoms with E-state index in [0.29, 0.717) is 0 Å². The van der Waals surface area contributed by atoms with E-state index in [1.54, 1.807) is 0 Å². The van der Waals surface area contributed by atoms with Crippen molar-refractivity contribution in [1.82, 2.24) is 0 Å². The van der Waals surface area contributed by atoms with Gasteiger partial charge in [-0.2, -0.15) is 0 Å². The Bertz CT molecular complexity index is 179. The maximum atomic E-state index is 2.27. The first kappa shape index (κ1) is 16.5. The van der Waals surface area contributed by atoms with Gasteiger partial charge in [0.1, 0.15) is 0 Å². The van der Waals surface area contributed by atoms with Crippen LogP contribution in [0.25, 0.3) is 0 Å². The van der Waals surface area contributed by atoms with Crippen LogP contribution in [-0.4, -0.2) is 0 Å². The van der Waals surface area contributed by atoms with Gasteiger partial charge in [-0.1, -0.05) is 48.6 Å². The van der Waals surface area contributed by atoms with Crippen molar-refractivity contribution in [3.63, 3.8) is 0 Å². The van der Waals surface area contributed by atoms with E-state index in [0.717, 1.165) is 0 Å². The van der Waals surface area contributed by atoms with E-state index in [-0.39, 0.29) is 17.1 Å². The molecular formula is C16H24Fe+2. The predicted octanol–water partition coefficient (Wildman–Crippen LogP) is 5.34. The van der Waals surface area contributed by atoms with Crippen molar-refractivity contribution in [2.24, 2.45) is 0 Å². The van der Waals surface area contributed by atoms with Gasteiger partial charge in [-0.05, 0) is 51.4 Å². The van der Waals surface area contributed by atoms with Gasteiger partial charge in [0, 0.05) is 0 Å². The summed E-state index contributed by atoms with van der Waals surface area (Å²) in [4.78, 5) is 0. The molecule has 94 valence electrons. The van der Waals surface area contributed by atoms with Crippen LogP contribution in [0.5, 0.6) is 0 Å². The summed E-state index contributed by atoms with van der Waals surface area (Å²) in [5.74, 6) is 0. The zero-order valence-corrected chi connectivity index (χ0v) is 11.7. The molecule has 0 spiro atoms. The van der Waals surface area contributed by atoms with Crippen molar-refractivity contribution in [3.05, 3.63) is 48.6 Å². The SMILES string of the molecule is C1=C\CC/C=C\CC/1.C1=C\CC/C=C\CC/1.[Fe+2]. The van der Waals surface area contributed by atoms with Crippen LogP contribution in [0, 0.1) is 0 Å². The Balaban J connectivity index is 0.000000284.